The van der Waals surface area contributed by atoms with Gasteiger partial charge in [-0.3, -0.25) is 0 Å². The summed E-state index contributed by atoms with van der Waals surface area (Å²) in [5, 5.41) is 21.1. The molecular weight excluding hydrogens is 223 g/mol. The molecule has 0 fully saturated rings. The van der Waals surface area contributed by atoms with Crippen molar-refractivity contribution < 1.29 is 14.2 Å². The van der Waals surface area contributed by atoms with Crippen LogP contribution >= 0.6 is 0 Å². The number of nitriles is 1. The SMILES string of the molecule is CCOCC(O)CNc1ccc(F)c(C#N)c1. The summed E-state index contributed by atoms with van der Waals surface area (Å²) in [6.45, 7) is 2.93. The van der Waals surface area contributed by atoms with Crippen LogP contribution < -0.4 is 5.32 Å². The fraction of sp³-hybridized carbons (Fsp3) is 0.417. The molecule has 0 bridgehead atoms. The molecule has 1 unspecified atom stereocenters. The molecule has 0 aromatic heterocycles. The fourth-order valence-electron chi connectivity index (χ4n) is 1.27. The first kappa shape index (κ1) is 13.4. The van der Waals surface area contributed by atoms with Crippen LogP contribution in [0.3, 0.4) is 0 Å². The molecule has 1 aromatic rings. The quantitative estimate of drug-likeness (QED) is 0.788. The van der Waals surface area contributed by atoms with Crippen molar-refractivity contribution in [2.24, 2.45) is 0 Å². The molecule has 0 amide bonds. The van der Waals surface area contributed by atoms with E-state index in [1.165, 1.54) is 18.2 Å². The number of nitrogens with one attached hydrogen (secondary N) is 1. The first-order valence-electron chi connectivity index (χ1n) is 5.36. The molecular formula is C12H15FN2O2. The van der Waals surface area contributed by atoms with E-state index in [0.717, 1.165) is 0 Å². The lowest BCUT2D eigenvalue weighted by molar-refractivity contribution is 0.0496. The number of ether oxygens (including phenoxy) is 1. The van der Waals surface area contributed by atoms with Gasteiger partial charge in [0.2, 0.25) is 0 Å². The summed E-state index contributed by atoms with van der Waals surface area (Å²) in [7, 11) is 0. The van der Waals surface area contributed by atoms with Gasteiger partial charge in [0.15, 0.2) is 0 Å². The van der Waals surface area contributed by atoms with Crippen LogP contribution in [0.2, 0.25) is 0 Å². The molecule has 1 aromatic carbocycles. The lowest BCUT2D eigenvalue weighted by Crippen LogP contribution is -2.24. The standard InChI is InChI=1S/C12H15FN2O2/c1-2-17-8-11(16)7-15-10-3-4-12(13)9(5-10)6-14/h3-5,11,15-16H,2,7-8H2,1H3. The van der Waals surface area contributed by atoms with E-state index in [2.05, 4.69) is 5.32 Å². The Labute approximate surface area is 99.6 Å². The number of nitrogens with zero attached hydrogens (tertiary/aromatic N) is 1. The van der Waals surface area contributed by atoms with E-state index >= 15 is 0 Å². The minimum absolute atomic E-state index is 0.0192. The van der Waals surface area contributed by atoms with Crippen molar-refractivity contribution in [3.05, 3.63) is 29.6 Å². The Balaban J connectivity index is 2.50. The highest BCUT2D eigenvalue weighted by Crippen LogP contribution is 2.13. The third-order valence-electron chi connectivity index (χ3n) is 2.14. The van der Waals surface area contributed by atoms with Gasteiger partial charge in [0, 0.05) is 18.8 Å². The number of hydrogen-bond acceptors (Lipinski definition) is 4. The minimum Gasteiger partial charge on any atom is -0.389 e. The molecule has 0 aliphatic rings. The van der Waals surface area contributed by atoms with E-state index in [1.54, 1.807) is 6.07 Å². The van der Waals surface area contributed by atoms with Gasteiger partial charge in [-0.2, -0.15) is 5.26 Å². The third kappa shape index (κ3) is 4.39. The van der Waals surface area contributed by atoms with Crippen molar-refractivity contribution in [2.75, 3.05) is 25.1 Å². The molecule has 1 atom stereocenters. The summed E-state index contributed by atoms with van der Waals surface area (Å²) in [4.78, 5) is 0. The molecule has 1 rings (SSSR count). The molecule has 0 heterocycles. The van der Waals surface area contributed by atoms with Crippen LogP contribution in [0, 0.1) is 17.1 Å². The smallest absolute Gasteiger partial charge is 0.141 e. The lowest BCUT2D eigenvalue weighted by Gasteiger charge is -2.12. The number of aliphatic hydroxyl groups excluding tert-OH is 1. The van der Waals surface area contributed by atoms with Crippen molar-refractivity contribution >= 4 is 5.69 Å². The van der Waals surface area contributed by atoms with Gasteiger partial charge in [0.1, 0.15) is 11.9 Å². The molecule has 0 saturated carbocycles. The Morgan fingerprint density at radius 3 is 3.00 bits per heavy atom. The Morgan fingerprint density at radius 2 is 2.35 bits per heavy atom. The maximum absolute atomic E-state index is 13.0. The third-order valence-corrected chi connectivity index (χ3v) is 2.14. The van der Waals surface area contributed by atoms with Gasteiger partial charge in [0.05, 0.1) is 18.3 Å². The van der Waals surface area contributed by atoms with Crippen LogP contribution in [0.25, 0.3) is 0 Å². The zero-order valence-corrected chi connectivity index (χ0v) is 9.61. The summed E-state index contributed by atoms with van der Waals surface area (Å²) >= 11 is 0. The second kappa shape index (κ2) is 6.84. The Morgan fingerprint density at radius 1 is 1.59 bits per heavy atom. The van der Waals surface area contributed by atoms with Crippen LogP contribution in [0.4, 0.5) is 10.1 Å². The van der Waals surface area contributed by atoms with E-state index in [-0.39, 0.29) is 18.7 Å². The summed E-state index contributed by atoms with van der Waals surface area (Å²) in [6.07, 6.45) is -0.634. The van der Waals surface area contributed by atoms with Crippen LogP contribution in [0.1, 0.15) is 12.5 Å². The lowest BCUT2D eigenvalue weighted by atomic mass is 10.2. The summed E-state index contributed by atoms with van der Waals surface area (Å²) in [5.41, 5.74) is 0.577. The molecule has 4 nitrogen and oxygen atoms in total. The zero-order valence-electron chi connectivity index (χ0n) is 9.61. The second-order valence-corrected chi connectivity index (χ2v) is 3.50. The molecule has 0 saturated heterocycles. The summed E-state index contributed by atoms with van der Waals surface area (Å²) in [5.74, 6) is -0.548. The molecule has 17 heavy (non-hydrogen) atoms. The maximum atomic E-state index is 13.0. The largest absolute Gasteiger partial charge is 0.389 e. The molecule has 2 N–H and O–H groups in total. The van der Waals surface area contributed by atoms with Gasteiger partial charge >= 0.3 is 0 Å². The summed E-state index contributed by atoms with van der Waals surface area (Å²) < 4.78 is 18.1. The van der Waals surface area contributed by atoms with Crippen molar-refractivity contribution in [3.63, 3.8) is 0 Å². The normalized spacial score (nSPS) is 11.9. The van der Waals surface area contributed by atoms with Crippen molar-refractivity contribution in [1.82, 2.24) is 0 Å². The van der Waals surface area contributed by atoms with Gasteiger partial charge in [-0.15, -0.1) is 0 Å². The number of rotatable bonds is 6. The highest BCUT2D eigenvalue weighted by Gasteiger charge is 2.05. The first-order chi connectivity index (χ1) is 8.17. The number of aliphatic hydroxyl groups is 1. The predicted octanol–water partition coefficient (Wildman–Crippen LogP) is 1.51. The van der Waals surface area contributed by atoms with Crippen molar-refractivity contribution in [1.29, 1.82) is 5.26 Å². The van der Waals surface area contributed by atoms with Crippen LogP contribution in [-0.4, -0.2) is 31.0 Å². The van der Waals surface area contributed by atoms with Gasteiger partial charge in [-0.05, 0) is 25.1 Å². The van der Waals surface area contributed by atoms with Gasteiger partial charge in [-0.25, -0.2) is 4.39 Å². The molecule has 0 spiro atoms. The van der Waals surface area contributed by atoms with E-state index in [9.17, 15) is 9.50 Å². The number of anilines is 1. The van der Waals surface area contributed by atoms with Crippen LogP contribution in [0.15, 0.2) is 18.2 Å². The average molecular weight is 238 g/mol. The Kier molecular flexibility index (Phi) is 5.40. The molecule has 92 valence electrons. The number of benzene rings is 1. The number of halogens is 1. The Bertz CT molecular complexity index is 404. The molecule has 5 heteroatoms. The van der Waals surface area contributed by atoms with E-state index in [1.807, 2.05) is 6.92 Å². The van der Waals surface area contributed by atoms with Gasteiger partial charge < -0.3 is 15.2 Å². The van der Waals surface area contributed by atoms with Gasteiger partial charge in [-0.1, -0.05) is 0 Å². The molecule has 0 aliphatic heterocycles. The predicted molar refractivity (Wildman–Crippen MR) is 62.1 cm³/mol. The van der Waals surface area contributed by atoms with Crippen LogP contribution in [-0.2, 0) is 4.74 Å². The Hall–Kier alpha value is -1.64. The second-order valence-electron chi connectivity index (χ2n) is 3.50. The molecule has 0 aliphatic carbocycles. The summed E-state index contributed by atoms with van der Waals surface area (Å²) in [6, 6.07) is 5.90. The van der Waals surface area contributed by atoms with Crippen molar-refractivity contribution in [2.45, 2.75) is 13.0 Å². The van der Waals surface area contributed by atoms with E-state index in [4.69, 9.17) is 10.00 Å². The number of hydrogen-bond donors (Lipinski definition) is 2. The van der Waals surface area contributed by atoms with Crippen molar-refractivity contribution in [3.8, 4) is 6.07 Å². The average Bonchev–Trinajstić information content (AvgIpc) is 2.35. The van der Waals surface area contributed by atoms with Crippen LogP contribution in [0.5, 0.6) is 0 Å². The highest BCUT2D eigenvalue weighted by molar-refractivity contribution is 5.49. The minimum atomic E-state index is -0.634. The zero-order chi connectivity index (χ0) is 12.7. The topological polar surface area (TPSA) is 65.3 Å². The van der Waals surface area contributed by atoms with Gasteiger partial charge in [0.25, 0.3) is 0 Å². The van der Waals surface area contributed by atoms with E-state index < -0.39 is 11.9 Å². The fourth-order valence-corrected chi connectivity index (χ4v) is 1.27. The highest BCUT2D eigenvalue weighted by atomic mass is 19.1. The first-order valence-corrected chi connectivity index (χ1v) is 5.36. The monoisotopic (exact) mass is 238 g/mol. The molecule has 0 radical (unpaired) electrons. The maximum Gasteiger partial charge on any atom is 0.141 e. The van der Waals surface area contributed by atoms with E-state index in [0.29, 0.717) is 12.3 Å².